The minimum Gasteiger partial charge on any atom is -0.307 e. The fourth-order valence-electron chi connectivity index (χ4n) is 2.48. The van der Waals surface area contributed by atoms with Gasteiger partial charge in [-0.05, 0) is 25.5 Å². The number of carbonyl (C=O) groups excluding carboxylic acids is 2. The number of halogens is 1. The molecule has 0 saturated carbocycles. The Labute approximate surface area is 128 Å². The molecule has 1 aliphatic heterocycles. The lowest BCUT2D eigenvalue weighted by molar-refractivity contribution is -0.116. The van der Waals surface area contributed by atoms with Crippen molar-refractivity contribution in [2.75, 3.05) is 22.3 Å². The maximum Gasteiger partial charge on any atom is 0.242 e. The molecule has 1 heterocycles. The van der Waals surface area contributed by atoms with Gasteiger partial charge in [0.25, 0.3) is 0 Å². The molecule has 1 aromatic rings. The van der Waals surface area contributed by atoms with E-state index in [2.05, 4.69) is 0 Å². The largest absolute Gasteiger partial charge is 0.307 e. The third kappa shape index (κ3) is 3.63. The quantitative estimate of drug-likeness (QED) is 0.622. The van der Waals surface area contributed by atoms with Crippen LogP contribution in [0.3, 0.4) is 0 Å². The number of rotatable bonds is 4. The van der Waals surface area contributed by atoms with Gasteiger partial charge in [-0.15, -0.1) is 11.6 Å². The molecule has 0 radical (unpaired) electrons. The van der Waals surface area contributed by atoms with Gasteiger partial charge in [0.2, 0.25) is 5.91 Å². The van der Waals surface area contributed by atoms with Crippen LogP contribution in [0.5, 0.6) is 0 Å². The first kappa shape index (κ1) is 16.0. The maximum atomic E-state index is 12.1. The Morgan fingerprint density at radius 2 is 2.10 bits per heavy atom. The number of carbonyl (C=O) groups is 2. The summed E-state index contributed by atoms with van der Waals surface area (Å²) in [7, 11) is -3.12. The van der Waals surface area contributed by atoms with E-state index in [0.717, 1.165) is 0 Å². The van der Waals surface area contributed by atoms with Crippen molar-refractivity contribution in [3.05, 3.63) is 29.8 Å². The van der Waals surface area contributed by atoms with Crippen LogP contribution in [0.15, 0.2) is 24.3 Å². The zero-order valence-electron chi connectivity index (χ0n) is 11.6. The third-order valence-corrected chi connectivity index (χ3v) is 5.47. The highest BCUT2D eigenvalue weighted by molar-refractivity contribution is 7.91. The number of Topliss-reactive ketones (excluding diaryl/α,β-unsaturated/α-hetero) is 1. The average molecular weight is 330 g/mol. The molecule has 1 fully saturated rings. The standard InChI is InChI=1S/C14H16ClNO4S/c1-10(17)11-3-2-4-12(7-11)16(14(18)8-15)13-5-6-21(19,20)9-13/h2-4,7,13H,5-6,8-9H2,1H3/t13-/m0/s1. The van der Waals surface area contributed by atoms with E-state index < -0.39 is 15.9 Å². The van der Waals surface area contributed by atoms with E-state index >= 15 is 0 Å². The van der Waals surface area contributed by atoms with E-state index in [1.165, 1.54) is 11.8 Å². The number of benzene rings is 1. The maximum absolute atomic E-state index is 12.1. The SMILES string of the molecule is CC(=O)c1cccc(N(C(=O)CCl)[C@H]2CCS(=O)(=O)C2)c1. The number of alkyl halides is 1. The van der Waals surface area contributed by atoms with Crippen LogP contribution in [0.2, 0.25) is 0 Å². The van der Waals surface area contributed by atoms with Crippen molar-refractivity contribution in [3.8, 4) is 0 Å². The molecule has 5 nitrogen and oxygen atoms in total. The molecular formula is C14H16ClNO4S. The summed E-state index contributed by atoms with van der Waals surface area (Å²) < 4.78 is 23.3. The van der Waals surface area contributed by atoms with Crippen molar-refractivity contribution >= 4 is 38.8 Å². The molecule has 1 saturated heterocycles. The number of ketones is 1. The van der Waals surface area contributed by atoms with E-state index in [-0.39, 0.29) is 29.1 Å². The van der Waals surface area contributed by atoms with Crippen molar-refractivity contribution in [2.45, 2.75) is 19.4 Å². The molecular weight excluding hydrogens is 314 g/mol. The molecule has 7 heteroatoms. The van der Waals surface area contributed by atoms with Gasteiger partial charge in [-0.25, -0.2) is 8.42 Å². The molecule has 0 N–H and O–H groups in total. The Balaban J connectivity index is 2.39. The minimum atomic E-state index is -3.12. The lowest BCUT2D eigenvalue weighted by Crippen LogP contribution is -2.42. The second kappa shape index (κ2) is 6.15. The van der Waals surface area contributed by atoms with Crippen molar-refractivity contribution in [2.24, 2.45) is 0 Å². The van der Waals surface area contributed by atoms with Gasteiger partial charge in [0.1, 0.15) is 5.88 Å². The zero-order valence-corrected chi connectivity index (χ0v) is 13.2. The second-order valence-corrected chi connectivity index (χ2v) is 7.56. The summed E-state index contributed by atoms with van der Waals surface area (Å²) in [6.45, 7) is 1.44. The summed E-state index contributed by atoms with van der Waals surface area (Å²) in [5.74, 6) is -0.717. The zero-order chi connectivity index (χ0) is 15.6. The lowest BCUT2D eigenvalue weighted by Gasteiger charge is -2.28. The van der Waals surface area contributed by atoms with E-state index in [1.54, 1.807) is 24.3 Å². The summed E-state index contributed by atoms with van der Waals surface area (Å²) in [6, 6.07) is 6.17. The van der Waals surface area contributed by atoms with E-state index in [9.17, 15) is 18.0 Å². The minimum absolute atomic E-state index is 0.0656. The molecule has 1 amide bonds. The van der Waals surface area contributed by atoms with Crippen molar-refractivity contribution in [3.63, 3.8) is 0 Å². The van der Waals surface area contributed by atoms with Gasteiger partial charge in [0, 0.05) is 11.3 Å². The van der Waals surface area contributed by atoms with Gasteiger partial charge >= 0.3 is 0 Å². The summed E-state index contributed by atoms with van der Waals surface area (Å²) in [4.78, 5) is 25.0. The van der Waals surface area contributed by atoms with Gasteiger partial charge in [-0.2, -0.15) is 0 Å². The summed E-state index contributed by atoms with van der Waals surface area (Å²) in [6.07, 6.45) is 0.384. The first-order valence-corrected chi connectivity index (χ1v) is 8.89. The first-order valence-electron chi connectivity index (χ1n) is 6.53. The Hall–Kier alpha value is -1.40. The molecule has 0 aromatic heterocycles. The van der Waals surface area contributed by atoms with Crippen LogP contribution in [-0.4, -0.2) is 43.5 Å². The first-order chi connectivity index (χ1) is 9.84. The number of anilines is 1. The molecule has 21 heavy (non-hydrogen) atoms. The summed E-state index contributed by atoms with van der Waals surface area (Å²) in [5, 5.41) is 0. The number of hydrogen-bond donors (Lipinski definition) is 0. The van der Waals surface area contributed by atoms with Gasteiger partial charge in [-0.1, -0.05) is 12.1 Å². The van der Waals surface area contributed by atoms with E-state index in [4.69, 9.17) is 11.6 Å². The van der Waals surface area contributed by atoms with Crippen LogP contribution in [-0.2, 0) is 14.6 Å². The Bertz CT molecular complexity index is 671. The van der Waals surface area contributed by atoms with Crippen LogP contribution in [0.4, 0.5) is 5.69 Å². The predicted octanol–water partition coefficient (Wildman–Crippen LogP) is 1.65. The monoisotopic (exact) mass is 329 g/mol. The molecule has 0 spiro atoms. The molecule has 114 valence electrons. The van der Waals surface area contributed by atoms with Crippen LogP contribution in [0.25, 0.3) is 0 Å². The van der Waals surface area contributed by atoms with Crippen molar-refractivity contribution in [1.29, 1.82) is 0 Å². The lowest BCUT2D eigenvalue weighted by atomic mass is 10.1. The summed E-state index contributed by atoms with van der Waals surface area (Å²) in [5.41, 5.74) is 0.983. The predicted molar refractivity (Wildman–Crippen MR) is 81.7 cm³/mol. The smallest absolute Gasteiger partial charge is 0.242 e. The number of amides is 1. The van der Waals surface area contributed by atoms with Gasteiger partial charge < -0.3 is 4.90 Å². The highest BCUT2D eigenvalue weighted by Gasteiger charge is 2.35. The number of nitrogens with zero attached hydrogens (tertiary/aromatic N) is 1. The van der Waals surface area contributed by atoms with Gasteiger partial charge in [0.15, 0.2) is 15.6 Å². The molecule has 1 atom stereocenters. The highest BCUT2D eigenvalue weighted by atomic mass is 35.5. The van der Waals surface area contributed by atoms with Gasteiger partial charge in [0.05, 0.1) is 17.5 Å². The van der Waals surface area contributed by atoms with Crippen LogP contribution >= 0.6 is 11.6 Å². The molecule has 0 bridgehead atoms. The Morgan fingerprint density at radius 3 is 2.62 bits per heavy atom. The molecule has 1 aliphatic rings. The number of hydrogen-bond acceptors (Lipinski definition) is 4. The van der Waals surface area contributed by atoms with Gasteiger partial charge in [-0.3, -0.25) is 9.59 Å². The average Bonchev–Trinajstić information content (AvgIpc) is 2.79. The van der Waals surface area contributed by atoms with E-state index in [0.29, 0.717) is 17.7 Å². The van der Waals surface area contributed by atoms with Crippen LogP contribution in [0.1, 0.15) is 23.7 Å². The molecule has 2 rings (SSSR count). The molecule has 0 aliphatic carbocycles. The Morgan fingerprint density at radius 1 is 1.38 bits per heavy atom. The molecule has 1 aromatic carbocycles. The van der Waals surface area contributed by atoms with Crippen molar-refractivity contribution in [1.82, 2.24) is 0 Å². The summed E-state index contributed by atoms with van der Waals surface area (Å²) >= 11 is 5.64. The topological polar surface area (TPSA) is 71.5 Å². The fourth-order valence-corrected chi connectivity index (χ4v) is 4.31. The third-order valence-electron chi connectivity index (χ3n) is 3.49. The number of sulfone groups is 1. The highest BCUT2D eigenvalue weighted by Crippen LogP contribution is 2.26. The van der Waals surface area contributed by atoms with Crippen LogP contribution in [0, 0.1) is 0 Å². The second-order valence-electron chi connectivity index (χ2n) is 5.06. The van der Waals surface area contributed by atoms with Crippen molar-refractivity contribution < 1.29 is 18.0 Å². The Kier molecular flexibility index (Phi) is 4.68. The molecule has 0 unspecified atom stereocenters. The fraction of sp³-hybridized carbons (Fsp3) is 0.429. The van der Waals surface area contributed by atoms with Crippen LogP contribution < -0.4 is 4.90 Å². The normalized spacial score (nSPS) is 20.2. The van der Waals surface area contributed by atoms with E-state index in [1.807, 2.05) is 0 Å².